The van der Waals surface area contributed by atoms with Gasteiger partial charge in [0, 0.05) is 19.2 Å². The predicted octanol–water partition coefficient (Wildman–Crippen LogP) is 2.83. The molecule has 0 aromatic carbocycles. The topological polar surface area (TPSA) is 66.8 Å². The summed E-state index contributed by atoms with van der Waals surface area (Å²) >= 11 is 0. The fourth-order valence-electron chi connectivity index (χ4n) is 1.96. The Morgan fingerprint density at radius 2 is 1.80 bits per heavy atom. The molecule has 0 bridgehead atoms. The number of carbonyl (C=O) groups excluding carboxylic acids is 1. The number of piperidine rings is 1. The van der Waals surface area contributed by atoms with Crippen molar-refractivity contribution in [3.05, 3.63) is 24.3 Å². The van der Waals surface area contributed by atoms with E-state index in [4.69, 9.17) is 9.84 Å². The third kappa shape index (κ3) is 6.41. The zero-order valence-corrected chi connectivity index (χ0v) is 12.3. The molecule has 0 unspecified atom stereocenters. The van der Waals surface area contributed by atoms with Gasteiger partial charge in [0.15, 0.2) is 0 Å². The van der Waals surface area contributed by atoms with E-state index in [-0.39, 0.29) is 6.09 Å². The Labute approximate surface area is 119 Å². The molecule has 1 rings (SSSR count). The number of amides is 1. The van der Waals surface area contributed by atoms with Gasteiger partial charge in [-0.25, -0.2) is 9.59 Å². The second-order valence-electron chi connectivity index (χ2n) is 5.89. The molecule has 1 saturated heterocycles. The molecular weight excluding hydrogens is 258 g/mol. The van der Waals surface area contributed by atoms with Gasteiger partial charge in [0.2, 0.25) is 0 Å². The molecule has 0 aromatic rings. The van der Waals surface area contributed by atoms with Gasteiger partial charge in [-0.05, 0) is 39.5 Å². The molecule has 1 aliphatic heterocycles. The number of carboxylic acids is 1. The summed E-state index contributed by atoms with van der Waals surface area (Å²) in [6, 6.07) is 0. The van der Waals surface area contributed by atoms with E-state index in [0.717, 1.165) is 18.9 Å². The Hall–Kier alpha value is -1.78. The maximum atomic E-state index is 11.9. The number of ether oxygens (including phenoxy) is 1. The summed E-state index contributed by atoms with van der Waals surface area (Å²) in [4.78, 5) is 23.9. The lowest BCUT2D eigenvalue weighted by Crippen LogP contribution is -2.41. The van der Waals surface area contributed by atoms with Crippen LogP contribution in [-0.4, -0.2) is 40.8 Å². The molecule has 1 fully saturated rings. The van der Waals surface area contributed by atoms with Crippen LogP contribution in [0.25, 0.3) is 0 Å². The Kier molecular flexibility index (Phi) is 5.80. The highest BCUT2D eigenvalue weighted by Crippen LogP contribution is 2.20. The van der Waals surface area contributed by atoms with Crippen molar-refractivity contribution in [3.63, 3.8) is 0 Å². The Morgan fingerprint density at radius 3 is 2.30 bits per heavy atom. The minimum atomic E-state index is -0.950. The number of likely N-dealkylation sites (tertiary alicyclic amines) is 1. The van der Waals surface area contributed by atoms with E-state index in [1.807, 2.05) is 26.8 Å². The highest BCUT2D eigenvalue weighted by Gasteiger charge is 2.25. The standard InChI is InChI=1S/C15H23NO4/c1-15(2,3)20-14(19)16-10-8-12(9-11-16)6-4-5-7-13(17)18/h4-7,12H,8-11H2,1-3H3,(H,17,18)/b6-4+,7-5-. The molecule has 1 aliphatic rings. The monoisotopic (exact) mass is 281 g/mol. The van der Waals surface area contributed by atoms with Crippen molar-refractivity contribution in [2.75, 3.05) is 13.1 Å². The number of allylic oxidation sites excluding steroid dienone is 3. The van der Waals surface area contributed by atoms with Crippen LogP contribution in [0.4, 0.5) is 4.79 Å². The molecule has 0 aromatic heterocycles. The van der Waals surface area contributed by atoms with Crippen LogP contribution >= 0.6 is 0 Å². The summed E-state index contributed by atoms with van der Waals surface area (Å²) in [6.45, 7) is 6.92. The molecule has 0 aliphatic carbocycles. The Bertz CT molecular complexity index is 399. The van der Waals surface area contributed by atoms with Crippen LogP contribution in [0.5, 0.6) is 0 Å². The van der Waals surface area contributed by atoms with E-state index in [1.165, 1.54) is 6.08 Å². The summed E-state index contributed by atoms with van der Waals surface area (Å²) in [7, 11) is 0. The number of hydrogen-bond acceptors (Lipinski definition) is 3. The molecule has 112 valence electrons. The first kappa shape index (κ1) is 16.3. The first-order valence-electron chi connectivity index (χ1n) is 6.83. The highest BCUT2D eigenvalue weighted by molar-refractivity contribution is 5.80. The molecule has 20 heavy (non-hydrogen) atoms. The highest BCUT2D eigenvalue weighted by atomic mass is 16.6. The van der Waals surface area contributed by atoms with Crippen LogP contribution < -0.4 is 0 Å². The van der Waals surface area contributed by atoms with Gasteiger partial charge in [-0.15, -0.1) is 0 Å². The van der Waals surface area contributed by atoms with Crippen LogP contribution in [0.1, 0.15) is 33.6 Å². The summed E-state index contributed by atoms with van der Waals surface area (Å²) in [5, 5.41) is 8.46. The summed E-state index contributed by atoms with van der Waals surface area (Å²) in [5.41, 5.74) is -0.463. The van der Waals surface area contributed by atoms with Gasteiger partial charge in [-0.1, -0.05) is 18.2 Å². The number of carboxylic acid groups (broad SMARTS) is 1. The van der Waals surface area contributed by atoms with E-state index in [1.54, 1.807) is 11.0 Å². The lowest BCUT2D eigenvalue weighted by molar-refractivity contribution is -0.131. The van der Waals surface area contributed by atoms with Crippen LogP contribution in [0, 0.1) is 5.92 Å². The van der Waals surface area contributed by atoms with Gasteiger partial charge in [-0.3, -0.25) is 0 Å². The first-order chi connectivity index (χ1) is 9.28. The average Bonchev–Trinajstić information content (AvgIpc) is 2.33. The van der Waals surface area contributed by atoms with Gasteiger partial charge in [0.1, 0.15) is 5.60 Å². The first-order valence-corrected chi connectivity index (χ1v) is 6.83. The smallest absolute Gasteiger partial charge is 0.410 e. The quantitative estimate of drug-likeness (QED) is 0.638. The van der Waals surface area contributed by atoms with Gasteiger partial charge < -0.3 is 14.7 Å². The molecule has 0 radical (unpaired) electrons. The number of aliphatic carboxylic acids is 1. The molecule has 1 amide bonds. The molecule has 0 spiro atoms. The minimum Gasteiger partial charge on any atom is -0.478 e. The van der Waals surface area contributed by atoms with Crippen LogP contribution in [-0.2, 0) is 9.53 Å². The van der Waals surface area contributed by atoms with E-state index in [0.29, 0.717) is 19.0 Å². The van der Waals surface area contributed by atoms with E-state index in [9.17, 15) is 9.59 Å². The molecule has 0 atom stereocenters. The van der Waals surface area contributed by atoms with Crippen LogP contribution in [0.3, 0.4) is 0 Å². The van der Waals surface area contributed by atoms with Gasteiger partial charge in [0.05, 0.1) is 0 Å². The summed E-state index contributed by atoms with van der Waals surface area (Å²) in [5.74, 6) is -0.568. The zero-order chi connectivity index (χ0) is 15.2. The van der Waals surface area contributed by atoms with Crippen molar-refractivity contribution in [3.8, 4) is 0 Å². The molecule has 0 saturated carbocycles. The van der Waals surface area contributed by atoms with E-state index >= 15 is 0 Å². The summed E-state index contributed by atoms with van der Waals surface area (Å²) in [6.07, 6.45) is 7.85. The van der Waals surface area contributed by atoms with Crippen molar-refractivity contribution in [2.24, 2.45) is 5.92 Å². The number of nitrogens with zero attached hydrogens (tertiary/aromatic N) is 1. The third-order valence-electron chi connectivity index (χ3n) is 2.92. The van der Waals surface area contributed by atoms with Crippen molar-refractivity contribution in [1.82, 2.24) is 4.90 Å². The fraction of sp³-hybridized carbons (Fsp3) is 0.600. The predicted molar refractivity (Wildman–Crippen MR) is 76.4 cm³/mol. The zero-order valence-electron chi connectivity index (χ0n) is 12.3. The van der Waals surface area contributed by atoms with E-state index < -0.39 is 11.6 Å². The number of hydrogen-bond donors (Lipinski definition) is 1. The van der Waals surface area contributed by atoms with E-state index in [2.05, 4.69) is 0 Å². The molecule has 1 heterocycles. The fourth-order valence-corrected chi connectivity index (χ4v) is 1.96. The number of rotatable bonds is 3. The third-order valence-corrected chi connectivity index (χ3v) is 2.92. The summed E-state index contributed by atoms with van der Waals surface area (Å²) < 4.78 is 5.33. The lowest BCUT2D eigenvalue weighted by atomic mass is 9.96. The normalized spacial score (nSPS) is 17.9. The maximum Gasteiger partial charge on any atom is 0.410 e. The minimum absolute atomic E-state index is 0.259. The second kappa shape index (κ2) is 7.12. The molecule has 5 heteroatoms. The van der Waals surface area contributed by atoms with Crippen molar-refractivity contribution < 1.29 is 19.4 Å². The molecule has 5 nitrogen and oxygen atoms in total. The van der Waals surface area contributed by atoms with Gasteiger partial charge >= 0.3 is 12.1 Å². The van der Waals surface area contributed by atoms with Crippen molar-refractivity contribution in [2.45, 2.75) is 39.2 Å². The SMILES string of the molecule is CC(C)(C)OC(=O)N1CCC(/C=C/C=C\C(=O)O)CC1. The second-order valence-corrected chi connectivity index (χ2v) is 5.89. The number of carbonyl (C=O) groups is 2. The Morgan fingerprint density at radius 1 is 1.20 bits per heavy atom. The van der Waals surface area contributed by atoms with Crippen molar-refractivity contribution >= 4 is 12.1 Å². The lowest BCUT2D eigenvalue weighted by Gasteiger charge is -2.32. The van der Waals surface area contributed by atoms with Gasteiger partial charge in [0.25, 0.3) is 0 Å². The largest absolute Gasteiger partial charge is 0.478 e. The van der Waals surface area contributed by atoms with Crippen LogP contribution in [0.15, 0.2) is 24.3 Å². The Balaban J connectivity index is 2.36. The maximum absolute atomic E-state index is 11.9. The van der Waals surface area contributed by atoms with Crippen LogP contribution in [0.2, 0.25) is 0 Å². The molecule has 1 N–H and O–H groups in total. The van der Waals surface area contributed by atoms with Gasteiger partial charge in [-0.2, -0.15) is 0 Å². The van der Waals surface area contributed by atoms with Crippen molar-refractivity contribution in [1.29, 1.82) is 0 Å². The molecular formula is C15H23NO4. The average molecular weight is 281 g/mol.